The van der Waals surface area contributed by atoms with Crippen LogP contribution in [-0.2, 0) is 19.6 Å². The lowest BCUT2D eigenvalue weighted by Gasteiger charge is -2.07. The minimum absolute atomic E-state index is 0.103. The van der Waals surface area contributed by atoms with Gasteiger partial charge in [0.25, 0.3) is 0 Å². The molecule has 0 bridgehead atoms. The summed E-state index contributed by atoms with van der Waals surface area (Å²) in [5.41, 5.74) is 1.92. The van der Waals surface area contributed by atoms with Gasteiger partial charge in [0.05, 0.1) is 12.0 Å². The molecule has 0 saturated carbocycles. The van der Waals surface area contributed by atoms with Gasteiger partial charge in [-0.3, -0.25) is 4.79 Å². The molecule has 0 heterocycles. The monoisotopic (exact) mass is 305 g/mol. The summed E-state index contributed by atoms with van der Waals surface area (Å²) >= 11 is 0. The maximum Gasteiger partial charge on any atom is 0.320 e. The van der Waals surface area contributed by atoms with Crippen LogP contribution in [0.15, 0.2) is 59.5 Å². The fraction of sp³-hybridized carbons (Fsp3) is 0.133. The highest BCUT2D eigenvalue weighted by molar-refractivity contribution is 7.89. The highest BCUT2D eigenvalue weighted by Crippen LogP contribution is 2.20. The van der Waals surface area contributed by atoms with Crippen LogP contribution in [0.2, 0.25) is 0 Å². The predicted octanol–water partition coefficient (Wildman–Crippen LogP) is 1.80. The molecule has 0 spiro atoms. The zero-order valence-electron chi connectivity index (χ0n) is 11.4. The Morgan fingerprint density at radius 1 is 1.00 bits per heavy atom. The minimum atomic E-state index is -3.72. The molecule has 0 radical (unpaired) electrons. The van der Waals surface area contributed by atoms with Gasteiger partial charge < -0.3 is 4.74 Å². The van der Waals surface area contributed by atoms with Gasteiger partial charge in [-0.2, -0.15) is 4.72 Å². The molecule has 2 aromatic carbocycles. The summed E-state index contributed by atoms with van der Waals surface area (Å²) in [6.07, 6.45) is 0. The molecule has 6 heteroatoms. The van der Waals surface area contributed by atoms with Gasteiger partial charge in [-0.25, -0.2) is 8.42 Å². The van der Waals surface area contributed by atoms with Crippen LogP contribution in [-0.4, -0.2) is 28.0 Å². The van der Waals surface area contributed by atoms with Crippen molar-refractivity contribution in [2.75, 3.05) is 13.7 Å². The number of carbonyl (C=O) groups excluding carboxylic acids is 1. The highest BCUT2D eigenvalue weighted by atomic mass is 32.2. The Balaban J connectivity index is 2.17. The van der Waals surface area contributed by atoms with Gasteiger partial charge in [-0.05, 0) is 23.3 Å². The number of hydrogen-bond acceptors (Lipinski definition) is 4. The number of ether oxygens (including phenoxy) is 1. The van der Waals surface area contributed by atoms with Crippen molar-refractivity contribution in [3.8, 4) is 11.1 Å². The molecule has 0 saturated heterocycles. The molecule has 0 aliphatic carbocycles. The van der Waals surface area contributed by atoms with Crippen molar-refractivity contribution in [3.63, 3.8) is 0 Å². The van der Waals surface area contributed by atoms with Crippen LogP contribution in [0.25, 0.3) is 11.1 Å². The van der Waals surface area contributed by atoms with Crippen LogP contribution in [0.5, 0.6) is 0 Å². The number of esters is 1. The average Bonchev–Trinajstić information content (AvgIpc) is 2.53. The number of benzene rings is 2. The maximum atomic E-state index is 12.0. The summed E-state index contributed by atoms with van der Waals surface area (Å²) in [5.74, 6) is -0.639. The van der Waals surface area contributed by atoms with Crippen molar-refractivity contribution in [1.29, 1.82) is 0 Å². The second-order valence-corrected chi connectivity index (χ2v) is 6.06. The molecular formula is C15H15NO4S. The van der Waals surface area contributed by atoms with Gasteiger partial charge in [-0.15, -0.1) is 0 Å². The molecule has 2 aromatic rings. The van der Waals surface area contributed by atoms with Crippen LogP contribution in [0, 0.1) is 0 Å². The van der Waals surface area contributed by atoms with Crippen LogP contribution in [0.3, 0.4) is 0 Å². The Labute approximate surface area is 123 Å². The molecule has 110 valence electrons. The summed E-state index contributed by atoms with van der Waals surface area (Å²) in [6, 6.07) is 16.1. The third-order valence-corrected chi connectivity index (χ3v) is 4.32. The lowest BCUT2D eigenvalue weighted by Crippen LogP contribution is -2.30. The maximum absolute atomic E-state index is 12.0. The first-order chi connectivity index (χ1) is 10.0. The zero-order valence-corrected chi connectivity index (χ0v) is 12.3. The van der Waals surface area contributed by atoms with E-state index in [1.54, 1.807) is 12.1 Å². The van der Waals surface area contributed by atoms with Crippen molar-refractivity contribution >= 4 is 16.0 Å². The van der Waals surface area contributed by atoms with Gasteiger partial charge in [-0.1, -0.05) is 42.5 Å². The number of carbonyl (C=O) groups is 1. The van der Waals surface area contributed by atoms with Crippen molar-refractivity contribution < 1.29 is 17.9 Å². The molecule has 0 unspecified atom stereocenters. The summed E-state index contributed by atoms with van der Waals surface area (Å²) < 4.78 is 30.5. The Kier molecular flexibility index (Phi) is 4.72. The molecule has 5 nitrogen and oxygen atoms in total. The Hall–Kier alpha value is -2.18. The van der Waals surface area contributed by atoms with Crippen molar-refractivity contribution in [2.45, 2.75) is 4.90 Å². The van der Waals surface area contributed by atoms with E-state index in [1.165, 1.54) is 19.2 Å². The second-order valence-electron chi connectivity index (χ2n) is 4.29. The Morgan fingerprint density at radius 2 is 1.57 bits per heavy atom. The Bertz CT molecular complexity index is 709. The average molecular weight is 305 g/mol. The van der Waals surface area contributed by atoms with E-state index in [1.807, 2.05) is 30.3 Å². The summed E-state index contributed by atoms with van der Waals surface area (Å²) in [5, 5.41) is 0. The lowest BCUT2D eigenvalue weighted by atomic mass is 10.1. The number of methoxy groups -OCH3 is 1. The fourth-order valence-corrected chi connectivity index (χ4v) is 2.74. The van der Waals surface area contributed by atoms with E-state index < -0.39 is 16.0 Å². The van der Waals surface area contributed by atoms with Gasteiger partial charge in [0.1, 0.15) is 6.54 Å². The van der Waals surface area contributed by atoms with Crippen molar-refractivity contribution in [1.82, 2.24) is 4.72 Å². The van der Waals surface area contributed by atoms with Crippen molar-refractivity contribution in [3.05, 3.63) is 54.6 Å². The Morgan fingerprint density at radius 3 is 2.14 bits per heavy atom. The van der Waals surface area contributed by atoms with Gasteiger partial charge in [0, 0.05) is 0 Å². The van der Waals surface area contributed by atoms with E-state index in [2.05, 4.69) is 9.46 Å². The first kappa shape index (κ1) is 15.2. The third-order valence-electron chi connectivity index (χ3n) is 2.91. The first-order valence-corrected chi connectivity index (χ1v) is 7.73. The molecule has 0 atom stereocenters. The molecule has 0 aliphatic heterocycles. The van der Waals surface area contributed by atoms with Gasteiger partial charge in [0.2, 0.25) is 10.0 Å². The number of hydrogen-bond donors (Lipinski definition) is 1. The molecular weight excluding hydrogens is 290 g/mol. The third kappa shape index (κ3) is 3.90. The molecule has 1 N–H and O–H groups in total. The molecule has 0 amide bonds. The van der Waals surface area contributed by atoms with Gasteiger partial charge >= 0.3 is 5.97 Å². The van der Waals surface area contributed by atoms with E-state index in [0.29, 0.717) is 0 Å². The summed E-state index contributed by atoms with van der Waals surface area (Å²) in [6.45, 7) is -0.390. The lowest BCUT2D eigenvalue weighted by molar-refractivity contribution is -0.139. The minimum Gasteiger partial charge on any atom is -0.468 e. The van der Waals surface area contributed by atoms with Crippen LogP contribution in [0.4, 0.5) is 0 Å². The zero-order chi connectivity index (χ0) is 15.3. The predicted molar refractivity (Wildman–Crippen MR) is 79.1 cm³/mol. The summed E-state index contributed by atoms with van der Waals surface area (Å²) in [7, 11) is -2.52. The van der Waals surface area contributed by atoms with Crippen LogP contribution in [0.1, 0.15) is 0 Å². The highest BCUT2D eigenvalue weighted by Gasteiger charge is 2.15. The molecule has 0 aromatic heterocycles. The molecule has 21 heavy (non-hydrogen) atoms. The number of nitrogens with one attached hydrogen (secondary N) is 1. The fourth-order valence-electron chi connectivity index (χ4n) is 1.77. The quantitative estimate of drug-likeness (QED) is 0.855. The standard InChI is InChI=1S/C15H15NO4S/c1-20-15(17)11-16-21(18,19)14-9-7-13(8-10-14)12-5-3-2-4-6-12/h2-10,16H,11H2,1H3. The molecule has 2 rings (SSSR count). The first-order valence-electron chi connectivity index (χ1n) is 6.25. The van der Waals surface area contributed by atoms with E-state index in [4.69, 9.17) is 0 Å². The number of rotatable bonds is 5. The SMILES string of the molecule is COC(=O)CNS(=O)(=O)c1ccc(-c2ccccc2)cc1. The molecule has 0 aliphatic rings. The van der Waals surface area contributed by atoms with E-state index in [0.717, 1.165) is 11.1 Å². The summed E-state index contributed by atoms with van der Waals surface area (Å²) in [4.78, 5) is 11.1. The van der Waals surface area contributed by atoms with Crippen LogP contribution < -0.4 is 4.72 Å². The van der Waals surface area contributed by atoms with Gasteiger partial charge in [0.15, 0.2) is 0 Å². The van der Waals surface area contributed by atoms with E-state index in [-0.39, 0.29) is 11.4 Å². The largest absolute Gasteiger partial charge is 0.468 e. The topological polar surface area (TPSA) is 72.5 Å². The van der Waals surface area contributed by atoms with Crippen molar-refractivity contribution in [2.24, 2.45) is 0 Å². The normalized spacial score (nSPS) is 11.1. The second kappa shape index (κ2) is 6.51. The van der Waals surface area contributed by atoms with Crippen LogP contribution >= 0.6 is 0 Å². The smallest absolute Gasteiger partial charge is 0.320 e. The number of sulfonamides is 1. The van der Waals surface area contributed by atoms with E-state index >= 15 is 0 Å². The molecule has 0 fully saturated rings. The van der Waals surface area contributed by atoms with E-state index in [9.17, 15) is 13.2 Å².